The van der Waals surface area contributed by atoms with Crippen LogP contribution in [-0.2, 0) is 4.79 Å². The fourth-order valence-electron chi connectivity index (χ4n) is 0. The third-order valence-corrected chi connectivity index (χ3v) is 0.694. The highest BCUT2D eigenvalue weighted by Crippen LogP contribution is 1.68. The molecule has 0 bridgehead atoms. The largest absolute Gasteiger partial charge is 0.349 e. The number of carbonyl (C=O) groups excluding carboxylic acids is 1. The van der Waals surface area contributed by atoms with Gasteiger partial charge in [-0.1, -0.05) is 0 Å². The number of hydrogen-bond donors (Lipinski definition) is 1. The summed E-state index contributed by atoms with van der Waals surface area (Å²) in [5, 5.41) is 0. The molecule has 3 N–H and O–H groups in total. The average Bonchev–Trinajstić information content (AvgIpc) is 1.36. The second kappa shape index (κ2) is 1.92. The van der Waals surface area contributed by atoms with Crippen molar-refractivity contribution in [2.24, 2.45) is 0 Å². The number of hydrogen-bond acceptors (Lipinski definition) is 1. The van der Waals surface area contributed by atoms with Crippen molar-refractivity contribution in [1.82, 2.24) is 0 Å². The lowest BCUT2D eigenvalue weighted by Crippen LogP contribution is -2.62. The van der Waals surface area contributed by atoms with Crippen LogP contribution in [0.5, 0.6) is 0 Å². The quantitative estimate of drug-likeness (QED) is 0.332. The molecule has 0 saturated carbocycles. The SMILES string of the molecule is C[C@H]([15NH3+])[13C](C)=O. The van der Waals surface area contributed by atoms with Crippen LogP contribution in [0.15, 0.2) is 0 Å². The van der Waals surface area contributed by atoms with Crippen molar-refractivity contribution in [3.63, 3.8) is 0 Å². The van der Waals surface area contributed by atoms with Crippen molar-refractivity contribution in [3.05, 3.63) is 0 Å². The monoisotopic (exact) mass is 90.1 g/mol. The first-order valence-corrected chi connectivity index (χ1v) is 1.98. The minimum Gasteiger partial charge on any atom is -0.349 e. The Bertz CT molecular complexity index is 58.6. The molecule has 0 aromatic heterocycles. The summed E-state index contributed by atoms with van der Waals surface area (Å²) in [5.41, 5.74) is 3.49. The summed E-state index contributed by atoms with van der Waals surface area (Å²) >= 11 is 0. The summed E-state index contributed by atoms with van der Waals surface area (Å²) in [4.78, 5) is 10.1. The molecule has 0 aliphatic carbocycles. The van der Waals surface area contributed by atoms with Crippen molar-refractivity contribution in [2.75, 3.05) is 0 Å². The third-order valence-electron chi connectivity index (χ3n) is 0.694. The molecule has 0 amide bonds. The molecule has 0 spiro atoms. The summed E-state index contributed by atoms with van der Waals surface area (Å²) in [6.07, 6.45) is 0. The Hall–Kier alpha value is -0.370. The van der Waals surface area contributed by atoms with Crippen LogP contribution in [-0.4, -0.2) is 11.8 Å². The molecule has 0 heterocycles. The number of Topliss-reactive ketones (excluding diaryl/α,β-unsaturated/α-hetero) is 1. The molecule has 0 rings (SSSR count). The van der Waals surface area contributed by atoms with Crippen molar-refractivity contribution >= 4 is 5.78 Å². The predicted molar refractivity (Wildman–Crippen MR) is 23.0 cm³/mol. The average molecular weight is 90.1 g/mol. The molecule has 0 fully saturated rings. The van der Waals surface area contributed by atoms with E-state index >= 15 is 0 Å². The van der Waals surface area contributed by atoms with E-state index in [-0.39, 0.29) is 11.8 Å². The Morgan fingerprint density at radius 1 is 1.83 bits per heavy atom. The standard InChI is InChI=1S/C4H9NO/c1-3(5)4(2)6/h3H,5H2,1-2H3/p+1/t3-/m0/s1/i4+1,5+1. The normalized spacial score (nSPS) is 13.8. The van der Waals surface area contributed by atoms with Gasteiger partial charge < -0.3 is 5.73 Å². The number of carbonyl (C=O) groups is 1. The zero-order chi connectivity index (χ0) is 5.15. The summed E-state index contributed by atoms with van der Waals surface area (Å²) in [7, 11) is 0. The molecule has 6 heavy (non-hydrogen) atoms. The lowest BCUT2D eigenvalue weighted by atomic mass is 10.5. The molecule has 0 aromatic rings. The first-order chi connectivity index (χ1) is 2.64. The molecule has 0 saturated heterocycles. The molecule has 0 unspecified atom stereocenters. The van der Waals surface area contributed by atoms with E-state index in [1.807, 2.05) is 0 Å². The molecule has 2 nitrogen and oxygen atoms in total. The van der Waals surface area contributed by atoms with Crippen LogP contribution in [0.25, 0.3) is 0 Å². The molecule has 0 radical (unpaired) electrons. The van der Waals surface area contributed by atoms with Crippen LogP contribution in [0.3, 0.4) is 0 Å². The fourth-order valence-corrected chi connectivity index (χ4v) is 0. The summed E-state index contributed by atoms with van der Waals surface area (Å²) in [6, 6.07) is -0.0370. The minimum atomic E-state index is -0.0370. The molecule has 0 aliphatic heterocycles. The van der Waals surface area contributed by atoms with Crippen LogP contribution >= 0.6 is 0 Å². The van der Waals surface area contributed by atoms with Gasteiger partial charge in [-0.25, -0.2) is 0 Å². The highest BCUT2D eigenvalue weighted by molar-refractivity contribution is 5.79. The second-order valence-corrected chi connectivity index (χ2v) is 1.51. The van der Waals surface area contributed by atoms with Crippen LogP contribution in [0, 0.1) is 0 Å². The summed E-state index contributed by atoms with van der Waals surface area (Å²) < 4.78 is 0. The summed E-state index contributed by atoms with van der Waals surface area (Å²) in [5.74, 6) is 0.148. The topological polar surface area (TPSA) is 44.7 Å². The highest BCUT2D eigenvalue weighted by atomic mass is 16.2. The number of ketones is 1. The van der Waals surface area contributed by atoms with E-state index in [9.17, 15) is 4.79 Å². The molecule has 1 atom stereocenters. The zero-order valence-electron chi connectivity index (χ0n) is 4.19. The lowest BCUT2D eigenvalue weighted by molar-refractivity contribution is -0.397. The van der Waals surface area contributed by atoms with Gasteiger partial charge in [-0.15, -0.1) is 0 Å². The van der Waals surface area contributed by atoms with Gasteiger partial charge in [0.05, 0.1) is 0 Å². The van der Waals surface area contributed by atoms with Gasteiger partial charge in [0.15, 0.2) is 5.78 Å². The molecular formula is C4H10NO+. The van der Waals surface area contributed by atoms with E-state index < -0.39 is 0 Å². The first-order valence-electron chi connectivity index (χ1n) is 1.98. The highest BCUT2D eigenvalue weighted by Gasteiger charge is 1.99. The molecule has 36 valence electrons. The van der Waals surface area contributed by atoms with Crippen LogP contribution in [0.1, 0.15) is 13.8 Å². The van der Waals surface area contributed by atoms with Crippen LogP contribution < -0.4 is 5.73 Å². The Labute approximate surface area is 37.3 Å². The van der Waals surface area contributed by atoms with Gasteiger partial charge in [-0.3, -0.25) is 4.79 Å². The Morgan fingerprint density at radius 3 is 2.00 bits per heavy atom. The van der Waals surface area contributed by atoms with Crippen molar-refractivity contribution in [1.29, 1.82) is 0 Å². The van der Waals surface area contributed by atoms with Gasteiger partial charge in [0.1, 0.15) is 6.04 Å². The van der Waals surface area contributed by atoms with Gasteiger partial charge in [0.2, 0.25) is 0 Å². The Morgan fingerprint density at radius 2 is 2.00 bits per heavy atom. The molecular weight excluding hydrogens is 80.0 g/mol. The van der Waals surface area contributed by atoms with E-state index in [0.29, 0.717) is 0 Å². The molecule has 2 heteroatoms. The lowest BCUT2D eigenvalue weighted by Gasteiger charge is -1.87. The third kappa shape index (κ3) is 1.91. The van der Waals surface area contributed by atoms with E-state index in [2.05, 4.69) is 5.73 Å². The van der Waals surface area contributed by atoms with Crippen LogP contribution in [0.2, 0.25) is 0 Å². The smallest absolute Gasteiger partial charge is 0.186 e. The number of quaternary nitrogens is 1. The van der Waals surface area contributed by atoms with E-state index in [1.54, 1.807) is 6.92 Å². The Kier molecular flexibility index (Phi) is 1.81. The van der Waals surface area contributed by atoms with E-state index in [4.69, 9.17) is 0 Å². The molecule has 0 aliphatic rings. The predicted octanol–water partition coefficient (Wildman–Crippen LogP) is -0.794. The van der Waals surface area contributed by atoms with Gasteiger partial charge in [0.25, 0.3) is 0 Å². The van der Waals surface area contributed by atoms with Crippen molar-refractivity contribution in [3.8, 4) is 0 Å². The van der Waals surface area contributed by atoms with E-state index in [1.165, 1.54) is 6.92 Å². The van der Waals surface area contributed by atoms with Gasteiger partial charge in [-0.05, 0) is 6.92 Å². The van der Waals surface area contributed by atoms with Crippen molar-refractivity contribution < 1.29 is 10.5 Å². The van der Waals surface area contributed by atoms with Gasteiger partial charge >= 0.3 is 0 Å². The maximum atomic E-state index is 10.1. The number of rotatable bonds is 1. The second-order valence-electron chi connectivity index (χ2n) is 1.51. The maximum Gasteiger partial charge on any atom is 0.186 e. The van der Waals surface area contributed by atoms with E-state index in [0.717, 1.165) is 0 Å². The first kappa shape index (κ1) is 5.63. The van der Waals surface area contributed by atoms with Gasteiger partial charge in [-0.2, -0.15) is 0 Å². The van der Waals surface area contributed by atoms with Gasteiger partial charge in [0, 0.05) is 6.92 Å². The van der Waals surface area contributed by atoms with Crippen molar-refractivity contribution in [2.45, 2.75) is 19.9 Å². The molecule has 0 aromatic carbocycles. The fraction of sp³-hybridized carbons (Fsp3) is 0.750. The van der Waals surface area contributed by atoms with Crippen LogP contribution in [0.4, 0.5) is 0 Å². The summed E-state index contributed by atoms with van der Waals surface area (Å²) in [6.45, 7) is 3.32. The zero-order valence-corrected chi connectivity index (χ0v) is 4.19. The Balaban J connectivity index is 3.26. The maximum absolute atomic E-state index is 10.1. The minimum absolute atomic E-state index is 0.0370.